The molecule has 1 aromatic rings. The summed E-state index contributed by atoms with van der Waals surface area (Å²) in [6.45, 7) is 4.42. The van der Waals surface area contributed by atoms with Gasteiger partial charge < -0.3 is 16.0 Å². The molecule has 1 fully saturated rings. The van der Waals surface area contributed by atoms with Crippen LogP contribution in [0.4, 0.5) is 16.2 Å². The van der Waals surface area contributed by atoms with E-state index in [1.54, 1.807) is 12.3 Å². The van der Waals surface area contributed by atoms with Gasteiger partial charge in [-0.05, 0) is 50.0 Å². The van der Waals surface area contributed by atoms with Crippen LogP contribution in [0.25, 0.3) is 0 Å². The third-order valence-corrected chi connectivity index (χ3v) is 5.02. The Morgan fingerprint density at radius 1 is 1.40 bits per heavy atom. The Labute approximate surface area is 153 Å². The van der Waals surface area contributed by atoms with E-state index in [1.165, 1.54) is 11.2 Å². The number of nitrogens with zero attached hydrogens (tertiary/aromatic N) is 3. The molecular weight excluding hydrogens is 338 g/mol. The molecule has 7 heteroatoms. The molecule has 0 saturated carbocycles. The molecule has 6 nitrogen and oxygen atoms in total. The summed E-state index contributed by atoms with van der Waals surface area (Å²) in [5.41, 5.74) is 7.75. The molecule has 0 spiro atoms. The maximum atomic E-state index is 12.5. The summed E-state index contributed by atoms with van der Waals surface area (Å²) in [5.74, 6) is 0.554. The lowest BCUT2D eigenvalue weighted by atomic mass is 9.90. The number of hydrogen-bond donors (Lipinski definition) is 2. The molecule has 1 atom stereocenters. The molecule has 2 aliphatic heterocycles. The van der Waals surface area contributed by atoms with E-state index in [-0.39, 0.29) is 12.1 Å². The number of halogens is 1. The van der Waals surface area contributed by atoms with Crippen molar-refractivity contribution in [1.29, 1.82) is 0 Å². The minimum absolute atomic E-state index is 0.220. The predicted octanol–water partition coefficient (Wildman–Crippen LogP) is 3.29. The van der Waals surface area contributed by atoms with Gasteiger partial charge in [-0.1, -0.05) is 11.6 Å². The third kappa shape index (κ3) is 4.32. The number of carbonyl (C=O) groups excluding carboxylic acids is 1. The lowest BCUT2D eigenvalue weighted by molar-refractivity contribution is 0.237. The maximum Gasteiger partial charge on any atom is 0.327 e. The summed E-state index contributed by atoms with van der Waals surface area (Å²) in [6.07, 6.45) is 7.14. The summed E-state index contributed by atoms with van der Waals surface area (Å²) in [4.78, 5) is 20.3. The highest BCUT2D eigenvalue weighted by Crippen LogP contribution is 2.33. The number of nitrogens with two attached hydrogens (primary N) is 1. The van der Waals surface area contributed by atoms with Crippen molar-refractivity contribution in [3.8, 4) is 0 Å². The number of benzene rings is 1. The van der Waals surface area contributed by atoms with E-state index in [4.69, 9.17) is 17.3 Å². The second-order valence-corrected chi connectivity index (χ2v) is 7.01. The molecule has 25 heavy (non-hydrogen) atoms. The number of carbonyl (C=O) groups is 1. The molecule has 1 saturated heterocycles. The van der Waals surface area contributed by atoms with Gasteiger partial charge in [0.05, 0.1) is 17.7 Å². The standard InChI is InChI=1S/C18H24ClN5O/c1-13(20)14-5-9-23(10-6-14)17-4-3-15(19)11-16(17)22-18(25)24-8-2-7-21-12-24/h2-4,7,11-14H,5-6,8-10,20H2,1H3,(H,22,25). The van der Waals surface area contributed by atoms with Crippen molar-refractivity contribution >= 4 is 35.3 Å². The highest BCUT2D eigenvalue weighted by atomic mass is 35.5. The number of amides is 2. The van der Waals surface area contributed by atoms with Crippen LogP contribution in [0.1, 0.15) is 19.8 Å². The Kier molecular flexibility index (Phi) is 5.60. The third-order valence-electron chi connectivity index (χ3n) is 4.78. The van der Waals surface area contributed by atoms with Crippen LogP contribution in [0.3, 0.4) is 0 Å². The average molecular weight is 362 g/mol. The summed E-state index contributed by atoms with van der Waals surface area (Å²) >= 11 is 6.15. The number of anilines is 2. The lowest BCUT2D eigenvalue weighted by Gasteiger charge is -2.36. The van der Waals surface area contributed by atoms with Gasteiger partial charge in [-0.2, -0.15) is 0 Å². The predicted molar refractivity (Wildman–Crippen MR) is 103 cm³/mol. The number of urea groups is 1. The fourth-order valence-electron chi connectivity index (χ4n) is 3.26. The Morgan fingerprint density at radius 3 is 2.80 bits per heavy atom. The molecule has 0 aromatic heterocycles. The van der Waals surface area contributed by atoms with Gasteiger partial charge in [0.15, 0.2) is 0 Å². The van der Waals surface area contributed by atoms with Crippen LogP contribution >= 0.6 is 11.6 Å². The molecule has 1 aromatic carbocycles. The molecule has 1 unspecified atom stereocenters. The number of rotatable bonds is 3. The van der Waals surface area contributed by atoms with Gasteiger partial charge in [-0.15, -0.1) is 0 Å². The zero-order chi connectivity index (χ0) is 17.8. The van der Waals surface area contributed by atoms with E-state index in [0.717, 1.165) is 37.3 Å². The first-order valence-electron chi connectivity index (χ1n) is 8.60. The summed E-state index contributed by atoms with van der Waals surface area (Å²) in [7, 11) is 0. The minimum Gasteiger partial charge on any atom is -0.370 e. The molecule has 0 aliphatic carbocycles. The lowest BCUT2D eigenvalue weighted by Crippen LogP contribution is -2.40. The van der Waals surface area contributed by atoms with E-state index in [1.807, 2.05) is 18.2 Å². The minimum atomic E-state index is -0.220. The molecular formula is C18H24ClN5O. The van der Waals surface area contributed by atoms with Crippen molar-refractivity contribution < 1.29 is 4.79 Å². The van der Waals surface area contributed by atoms with Gasteiger partial charge in [0.2, 0.25) is 0 Å². The fraction of sp³-hybridized carbons (Fsp3) is 0.444. The first-order valence-corrected chi connectivity index (χ1v) is 8.98. The van der Waals surface area contributed by atoms with Crippen molar-refractivity contribution in [1.82, 2.24) is 4.90 Å². The highest BCUT2D eigenvalue weighted by molar-refractivity contribution is 6.31. The van der Waals surface area contributed by atoms with Gasteiger partial charge in [0.25, 0.3) is 0 Å². The number of hydrogen-bond acceptors (Lipinski definition) is 4. The van der Waals surface area contributed by atoms with Crippen LogP contribution in [-0.4, -0.2) is 42.9 Å². The summed E-state index contributed by atoms with van der Waals surface area (Å²) in [6, 6.07) is 5.62. The van der Waals surface area contributed by atoms with Crippen molar-refractivity contribution in [2.75, 3.05) is 29.9 Å². The molecule has 3 rings (SSSR count). The van der Waals surface area contributed by atoms with Gasteiger partial charge >= 0.3 is 6.03 Å². The first-order chi connectivity index (χ1) is 12.0. The van der Waals surface area contributed by atoms with Crippen molar-refractivity contribution in [3.63, 3.8) is 0 Å². The Bertz CT molecular complexity index is 680. The smallest absolute Gasteiger partial charge is 0.327 e. The average Bonchev–Trinajstić information content (AvgIpc) is 2.63. The molecule has 0 bridgehead atoms. The number of aliphatic imine (C=N–C) groups is 1. The zero-order valence-corrected chi connectivity index (χ0v) is 15.1. The quantitative estimate of drug-likeness (QED) is 0.867. The van der Waals surface area contributed by atoms with Crippen molar-refractivity contribution in [3.05, 3.63) is 35.5 Å². The van der Waals surface area contributed by atoms with Gasteiger partial charge in [0.1, 0.15) is 0 Å². The van der Waals surface area contributed by atoms with E-state index < -0.39 is 0 Å². The molecule has 2 aliphatic rings. The highest BCUT2D eigenvalue weighted by Gasteiger charge is 2.24. The largest absolute Gasteiger partial charge is 0.370 e. The SMILES string of the molecule is CC(N)C1CCN(c2ccc(Cl)cc2NC(=O)N2C=NC=CC2)CC1. The molecule has 0 radical (unpaired) electrons. The van der Waals surface area contributed by atoms with E-state index in [2.05, 4.69) is 22.1 Å². The maximum absolute atomic E-state index is 12.5. The summed E-state index contributed by atoms with van der Waals surface area (Å²) in [5, 5.41) is 3.56. The molecule has 3 N–H and O–H groups in total. The van der Waals surface area contributed by atoms with Crippen molar-refractivity contribution in [2.45, 2.75) is 25.8 Å². The Hall–Kier alpha value is -2.05. The first kappa shape index (κ1) is 17.8. The monoisotopic (exact) mass is 361 g/mol. The van der Waals surface area contributed by atoms with Crippen LogP contribution < -0.4 is 16.0 Å². The van der Waals surface area contributed by atoms with E-state index in [0.29, 0.717) is 17.5 Å². The van der Waals surface area contributed by atoms with Crippen LogP contribution in [-0.2, 0) is 0 Å². The van der Waals surface area contributed by atoms with Crippen LogP contribution in [0.15, 0.2) is 35.5 Å². The normalized spacial score (nSPS) is 19.2. The van der Waals surface area contributed by atoms with Gasteiger partial charge in [-0.25, -0.2) is 9.79 Å². The topological polar surface area (TPSA) is 74.0 Å². The Balaban J connectivity index is 1.73. The number of nitrogens with one attached hydrogen (secondary N) is 1. The molecule has 2 amide bonds. The zero-order valence-electron chi connectivity index (χ0n) is 14.4. The van der Waals surface area contributed by atoms with Crippen LogP contribution in [0.5, 0.6) is 0 Å². The summed E-state index contributed by atoms with van der Waals surface area (Å²) < 4.78 is 0. The van der Waals surface area contributed by atoms with Crippen LogP contribution in [0.2, 0.25) is 5.02 Å². The molecule has 2 heterocycles. The van der Waals surface area contributed by atoms with Gasteiger partial charge in [-0.3, -0.25) is 4.90 Å². The van der Waals surface area contributed by atoms with Crippen LogP contribution in [0, 0.1) is 5.92 Å². The van der Waals surface area contributed by atoms with E-state index in [9.17, 15) is 4.79 Å². The van der Waals surface area contributed by atoms with Gasteiger partial charge in [0, 0.05) is 36.9 Å². The van der Waals surface area contributed by atoms with E-state index >= 15 is 0 Å². The number of piperidine rings is 1. The molecule has 134 valence electrons. The Morgan fingerprint density at radius 2 is 2.16 bits per heavy atom. The fourth-order valence-corrected chi connectivity index (χ4v) is 3.43. The second-order valence-electron chi connectivity index (χ2n) is 6.58. The second kappa shape index (κ2) is 7.89. The van der Waals surface area contributed by atoms with Crippen molar-refractivity contribution in [2.24, 2.45) is 16.6 Å².